The van der Waals surface area contributed by atoms with Crippen LogP contribution < -0.4 is 10.6 Å². The van der Waals surface area contributed by atoms with Crippen molar-refractivity contribution in [2.24, 2.45) is 0 Å². The second-order valence-corrected chi connectivity index (χ2v) is 7.07. The van der Waals surface area contributed by atoms with E-state index in [0.717, 1.165) is 28.3 Å². The van der Waals surface area contributed by atoms with E-state index in [-0.39, 0.29) is 12.1 Å². The molecule has 3 nitrogen and oxygen atoms in total. The van der Waals surface area contributed by atoms with E-state index in [4.69, 9.17) is 0 Å². The zero-order valence-corrected chi connectivity index (χ0v) is 12.0. The molecule has 1 aliphatic heterocycles. The van der Waals surface area contributed by atoms with Gasteiger partial charge in [0.15, 0.2) is 0 Å². The van der Waals surface area contributed by atoms with Gasteiger partial charge in [-0.25, -0.2) is 0 Å². The summed E-state index contributed by atoms with van der Waals surface area (Å²) in [6, 6.07) is 4.07. The highest BCUT2D eigenvalue weighted by Gasteiger charge is 2.32. The minimum absolute atomic E-state index is 0.0693. The fraction of sp³-hybridized carbons (Fsp3) is 0.357. The highest BCUT2D eigenvalue weighted by molar-refractivity contribution is 7.16. The van der Waals surface area contributed by atoms with E-state index in [1.165, 1.54) is 23.3 Å². The van der Waals surface area contributed by atoms with Gasteiger partial charge in [0, 0.05) is 9.75 Å². The molecule has 0 saturated heterocycles. The van der Waals surface area contributed by atoms with Crippen LogP contribution in [0.4, 0.5) is 5.00 Å². The molecule has 3 heterocycles. The largest absolute Gasteiger partial charge is 0.352 e. The van der Waals surface area contributed by atoms with Gasteiger partial charge < -0.3 is 10.6 Å². The molecule has 1 atom stereocenters. The SMILES string of the molecule is O=C1N[C@H](c2cccs2)Nc2sc3c(c21)CCCC3. The summed E-state index contributed by atoms with van der Waals surface area (Å²) in [7, 11) is 0. The molecule has 0 fully saturated rings. The average molecular weight is 290 g/mol. The van der Waals surface area contributed by atoms with Crippen LogP contribution in [-0.2, 0) is 12.8 Å². The Hall–Kier alpha value is -1.33. The molecule has 0 aromatic carbocycles. The summed E-state index contributed by atoms with van der Waals surface area (Å²) in [6.45, 7) is 0. The molecule has 2 aliphatic rings. The number of nitrogens with one attached hydrogen (secondary N) is 2. The third-order valence-electron chi connectivity index (χ3n) is 3.78. The van der Waals surface area contributed by atoms with Gasteiger partial charge >= 0.3 is 0 Å². The quantitative estimate of drug-likeness (QED) is 0.843. The first-order valence-corrected chi connectivity index (χ1v) is 8.28. The minimum atomic E-state index is -0.0693. The molecular formula is C14H14N2OS2. The number of anilines is 1. The van der Waals surface area contributed by atoms with Crippen molar-refractivity contribution in [1.29, 1.82) is 0 Å². The number of hydrogen-bond acceptors (Lipinski definition) is 4. The maximum atomic E-state index is 12.4. The lowest BCUT2D eigenvalue weighted by Crippen LogP contribution is -2.37. The molecule has 19 heavy (non-hydrogen) atoms. The van der Waals surface area contributed by atoms with Gasteiger partial charge in [0.05, 0.1) is 5.56 Å². The maximum absolute atomic E-state index is 12.4. The van der Waals surface area contributed by atoms with Gasteiger partial charge in [-0.15, -0.1) is 22.7 Å². The number of carbonyl (C=O) groups excluding carboxylic acids is 1. The van der Waals surface area contributed by atoms with Gasteiger partial charge in [-0.3, -0.25) is 4.79 Å². The number of amides is 1. The van der Waals surface area contributed by atoms with Gasteiger partial charge in [0.25, 0.3) is 5.91 Å². The predicted octanol–water partition coefficient (Wildman–Crippen LogP) is 3.54. The molecule has 0 spiro atoms. The van der Waals surface area contributed by atoms with Crippen LogP contribution in [-0.4, -0.2) is 5.91 Å². The molecule has 2 aromatic heterocycles. The van der Waals surface area contributed by atoms with Gasteiger partial charge in [0.1, 0.15) is 11.2 Å². The molecule has 0 saturated carbocycles. The molecule has 0 radical (unpaired) electrons. The Morgan fingerprint density at radius 1 is 1.21 bits per heavy atom. The van der Waals surface area contributed by atoms with Crippen LogP contribution in [0.15, 0.2) is 17.5 Å². The third-order valence-corrected chi connectivity index (χ3v) is 5.94. The first-order chi connectivity index (χ1) is 9.33. The number of hydrogen-bond donors (Lipinski definition) is 2. The first-order valence-electron chi connectivity index (χ1n) is 6.58. The summed E-state index contributed by atoms with van der Waals surface area (Å²) < 4.78 is 0. The Balaban J connectivity index is 1.75. The van der Waals surface area contributed by atoms with E-state index in [0.29, 0.717) is 0 Å². The molecule has 2 N–H and O–H groups in total. The Morgan fingerprint density at radius 3 is 2.95 bits per heavy atom. The second-order valence-electron chi connectivity index (χ2n) is 4.98. The molecule has 98 valence electrons. The summed E-state index contributed by atoms with van der Waals surface area (Å²) in [5.74, 6) is 0.0894. The summed E-state index contributed by atoms with van der Waals surface area (Å²) in [5, 5.41) is 9.67. The van der Waals surface area contributed by atoms with Crippen molar-refractivity contribution < 1.29 is 4.79 Å². The van der Waals surface area contributed by atoms with E-state index >= 15 is 0 Å². The topological polar surface area (TPSA) is 41.1 Å². The van der Waals surface area contributed by atoms with Crippen LogP contribution in [0, 0.1) is 0 Å². The molecule has 1 amide bonds. The van der Waals surface area contributed by atoms with Crippen molar-refractivity contribution in [1.82, 2.24) is 5.32 Å². The number of fused-ring (bicyclic) bond motifs is 3. The van der Waals surface area contributed by atoms with Crippen molar-refractivity contribution in [3.63, 3.8) is 0 Å². The Kier molecular flexibility index (Phi) is 2.63. The second kappa shape index (κ2) is 4.35. The van der Waals surface area contributed by atoms with Gasteiger partial charge in [0.2, 0.25) is 0 Å². The van der Waals surface area contributed by atoms with Gasteiger partial charge in [-0.1, -0.05) is 6.07 Å². The predicted molar refractivity (Wildman–Crippen MR) is 79.1 cm³/mol. The zero-order valence-electron chi connectivity index (χ0n) is 10.4. The lowest BCUT2D eigenvalue weighted by atomic mass is 9.94. The van der Waals surface area contributed by atoms with E-state index < -0.39 is 0 Å². The average Bonchev–Trinajstić information content (AvgIpc) is 3.05. The molecule has 0 bridgehead atoms. The van der Waals surface area contributed by atoms with E-state index in [1.807, 2.05) is 11.4 Å². The summed E-state index contributed by atoms with van der Waals surface area (Å²) in [4.78, 5) is 15.0. The smallest absolute Gasteiger partial charge is 0.256 e. The normalized spacial score (nSPS) is 21.3. The molecular weight excluding hydrogens is 276 g/mol. The number of thiophene rings is 2. The third kappa shape index (κ3) is 1.80. The van der Waals surface area contributed by atoms with Crippen molar-refractivity contribution in [3.05, 3.63) is 38.4 Å². The number of carbonyl (C=O) groups is 1. The number of aryl methyl sites for hydroxylation is 1. The highest BCUT2D eigenvalue weighted by Crippen LogP contribution is 2.41. The van der Waals surface area contributed by atoms with Crippen LogP contribution in [0.5, 0.6) is 0 Å². The molecule has 0 unspecified atom stereocenters. The molecule has 1 aliphatic carbocycles. The van der Waals surface area contributed by atoms with Crippen molar-refractivity contribution in [3.8, 4) is 0 Å². The summed E-state index contributed by atoms with van der Waals surface area (Å²) in [5.41, 5.74) is 2.20. The minimum Gasteiger partial charge on any atom is -0.352 e. The summed E-state index contributed by atoms with van der Waals surface area (Å²) in [6.07, 6.45) is 4.58. The highest BCUT2D eigenvalue weighted by atomic mass is 32.1. The van der Waals surface area contributed by atoms with Gasteiger partial charge in [-0.2, -0.15) is 0 Å². The monoisotopic (exact) mass is 290 g/mol. The zero-order chi connectivity index (χ0) is 12.8. The molecule has 2 aromatic rings. The van der Waals surface area contributed by atoms with Crippen molar-refractivity contribution in [2.75, 3.05) is 5.32 Å². The number of rotatable bonds is 1. The lowest BCUT2D eigenvalue weighted by molar-refractivity contribution is 0.0936. The van der Waals surface area contributed by atoms with Crippen LogP contribution in [0.2, 0.25) is 0 Å². The van der Waals surface area contributed by atoms with Crippen LogP contribution >= 0.6 is 22.7 Å². The van der Waals surface area contributed by atoms with Crippen LogP contribution in [0.3, 0.4) is 0 Å². The molecule has 5 heteroatoms. The standard InChI is InChI=1S/C14H14N2OS2/c17-13-11-8-4-1-2-5-9(8)19-14(11)16-12(15-13)10-6-3-7-18-10/h3,6-7,12,16H,1-2,4-5H2,(H,15,17)/t12-/m0/s1. The Morgan fingerprint density at radius 2 is 2.11 bits per heavy atom. The van der Waals surface area contributed by atoms with Crippen molar-refractivity contribution in [2.45, 2.75) is 31.8 Å². The maximum Gasteiger partial charge on any atom is 0.256 e. The Labute approximate surface area is 119 Å². The molecule has 4 rings (SSSR count). The van der Waals surface area contributed by atoms with E-state index in [9.17, 15) is 4.79 Å². The van der Waals surface area contributed by atoms with Crippen molar-refractivity contribution >= 4 is 33.6 Å². The van der Waals surface area contributed by atoms with Gasteiger partial charge in [-0.05, 0) is 42.7 Å². The van der Waals surface area contributed by atoms with E-state index in [1.54, 1.807) is 22.7 Å². The van der Waals surface area contributed by atoms with Crippen LogP contribution in [0.25, 0.3) is 0 Å². The summed E-state index contributed by atoms with van der Waals surface area (Å²) >= 11 is 3.44. The lowest BCUT2D eigenvalue weighted by Gasteiger charge is -2.25. The van der Waals surface area contributed by atoms with E-state index in [2.05, 4.69) is 16.7 Å². The van der Waals surface area contributed by atoms with Crippen LogP contribution in [0.1, 0.15) is 44.7 Å². The Bertz CT molecular complexity index is 630. The fourth-order valence-corrected chi connectivity index (χ4v) is 4.92. The first kappa shape index (κ1) is 11.5. The fourth-order valence-electron chi connectivity index (χ4n) is 2.88.